The maximum Gasteiger partial charge on any atom is 0.417 e. The molecular formula is C15H13ClF3NO2S. The van der Waals surface area contributed by atoms with Crippen molar-refractivity contribution in [3.05, 3.63) is 58.1 Å². The molecule has 0 aromatic heterocycles. The first-order chi connectivity index (χ1) is 10.5. The van der Waals surface area contributed by atoms with Crippen LogP contribution in [-0.4, -0.2) is 8.42 Å². The molecule has 2 rings (SSSR count). The van der Waals surface area contributed by atoms with Gasteiger partial charge in [0.1, 0.15) is 0 Å². The number of rotatable bonds is 3. The summed E-state index contributed by atoms with van der Waals surface area (Å²) in [6.45, 7) is 3.49. The third kappa shape index (κ3) is 3.97. The molecule has 0 aliphatic heterocycles. The third-order valence-corrected chi connectivity index (χ3v) is 4.82. The van der Waals surface area contributed by atoms with Gasteiger partial charge in [0.2, 0.25) is 0 Å². The van der Waals surface area contributed by atoms with E-state index in [1.165, 1.54) is 6.07 Å². The van der Waals surface area contributed by atoms with Crippen LogP contribution < -0.4 is 4.72 Å². The monoisotopic (exact) mass is 363 g/mol. The molecule has 0 radical (unpaired) electrons. The van der Waals surface area contributed by atoms with Crippen LogP contribution in [0.3, 0.4) is 0 Å². The first kappa shape index (κ1) is 17.6. The summed E-state index contributed by atoms with van der Waals surface area (Å²) < 4.78 is 66.2. The topological polar surface area (TPSA) is 46.2 Å². The van der Waals surface area contributed by atoms with Gasteiger partial charge >= 0.3 is 6.18 Å². The highest BCUT2D eigenvalue weighted by Crippen LogP contribution is 2.36. The normalized spacial score (nSPS) is 12.3. The van der Waals surface area contributed by atoms with Crippen molar-refractivity contribution in [2.75, 3.05) is 4.72 Å². The highest BCUT2D eigenvalue weighted by molar-refractivity contribution is 7.92. The maximum atomic E-state index is 13.1. The van der Waals surface area contributed by atoms with E-state index in [1.807, 2.05) is 6.92 Å². The lowest BCUT2D eigenvalue weighted by Crippen LogP contribution is -2.19. The summed E-state index contributed by atoms with van der Waals surface area (Å²) in [5.74, 6) is 0. The Bertz CT molecular complexity index is 848. The van der Waals surface area contributed by atoms with Crippen molar-refractivity contribution in [1.82, 2.24) is 0 Å². The molecule has 0 aliphatic carbocycles. The quantitative estimate of drug-likeness (QED) is 0.853. The second kappa shape index (κ2) is 6.05. The largest absolute Gasteiger partial charge is 0.417 e. The molecule has 0 atom stereocenters. The summed E-state index contributed by atoms with van der Waals surface area (Å²) in [6.07, 6.45) is -4.84. The SMILES string of the molecule is Cc1ccc(NS(=O)(=O)c2ccc(Cl)cc2C(F)(F)F)c(C)c1. The van der Waals surface area contributed by atoms with E-state index in [0.29, 0.717) is 11.6 Å². The van der Waals surface area contributed by atoms with Crippen molar-refractivity contribution in [1.29, 1.82) is 0 Å². The van der Waals surface area contributed by atoms with E-state index in [9.17, 15) is 21.6 Å². The van der Waals surface area contributed by atoms with Crippen molar-refractivity contribution in [3.63, 3.8) is 0 Å². The van der Waals surface area contributed by atoms with Gasteiger partial charge in [-0.3, -0.25) is 4.72 Å². The molecular weight excluding hydrogens is 351 g/mol. The number of aryl methyl sites for hydroxylation is 2. The number of sulfonamides is 1. The Morgan fingerprint density at radius 1 is 1.04 bits per heavy atom. The molecule has 0 aliphatic rings. The summed E-state index contributed by atoms with van der Waals surface area (Å²) in [5.41, 5.74) is 0.435. The Morgan fingerprint density at radius 3 is 2.26 bits per heavy atom. The number of alkyl halides is 3. The van der Waals surface area contributed by atoms with Crippen LogP contribution in [-0.2, 0) is 16.2 Å². The summed E-state index contributed by atoms with van der Waals surface area (Å²) in [7, 11) is -4.41. The van der Waals surface area contributed by atoms with E-state index in [0.717, 1.165) is 17.7 Å². The molecule has 2 aromatic carbocycles. The van der Waals surface area contributed by atoms with Crippen LogP contribution in [0.2, 0.25) is 5.02 Å². The molecule has 0 saturated carbocycles. The van der Waals surface area contributed by atoms with E-state index in [2.05, 4.69) is 4.72 Å². The van der Waals surface area contributed by atoms with Gasteiger partial charge in [-0.25, -0.2) is 8.42 Å². The first-order valence-corrected chi connectivity index (χ1v) is 8.33. The van der Waals surface area contributed by atoms with Gasteiger partial charge in [-0.2, -0.15) is 13.2 Å². The van der Waals surface area contributed by atoms with Gasteiger partial charge < -0.3 is 0 Å². The molecule has 2 aromatic rings. The van der Waals surface area contributed by atoms with Gasteiger partial charge in [0, 0.05) is 5.02 Å². The van der Waals surface area contributed by atoms with Crippen LogP contribution in [0.5, 0.6) is 0 Å². The molecule has 1 N–H and O–H groups in total. The van der Waals surface area contributed by atoms with E-state index >= 15 is 0 Å². The summed E-state index contributed by atoms with van der Waals surface area (Å²) in [4.78, 5) is -0.866. The number of benzene rings is 2. The Morgan fingerprint density at radius 2 is 1.70 bits per heavy atom. The molecule has 23 heavy (non-hydrogen) atoms. The lowest BCUT2D eigenvalue weighted by Gasteiger charge is -2.16. The van der Waals surface area contributed by atoms with E-state index in [-0.39, 0.29) is 10.7 Å². The smallest absolute Gasteiger partial charge is 0.279 e. The minimum absolute atomic E-state index is 0.192. The molecule has 3 nitrogen and oxygen atoms in total. The van der Waals surface area contributed by atoms with Gasteiger partial charge in [0.05, 0.1) is 16.1 Å². The molecule has 0 amide bonds. The van der Waals surface area contributed by atoms with E-state index in [4.69, 9.17) is 11.6 Å². The van der Waals surface area contributed by atoms with Crippen LogP contribution in [0.25, 0.3) is 0 Å². The van der Waals surface area contributed by atoms with Gasteiger partial charge in [-0.15, -0.1) is 0 Å². The Labute approximate surface area is 137 Å². The molecule has 0 unspecified atom stereocenters. The van der Waals surface area contributed by atoms with Gasteiger partial charge in [-0.1, -0.05) is 29.3 Å². The zero-order valence-corrected chi connectivity index (χ0v) is 13.8. The van der Waals surface area contributed by atoms with E-state index < -0.39 is 26.7 Å². The van der Waals surface area contributed by atoms with Crippen LogP contribution in [0, 0.1) is 13.8 Å². The Kier molecular flexibility index (Phi) is 4.64. The Hall–Kier alpha value is -1.73. The van der Waals surface area contributed by atoms with Crippen LogP contribution in [0.1, 0.15) is 16.7 Å². The summed E-state index contributed by atoms with van der Waals surface area (Å²) in [6, 6.07) is 7.44. The van der Waals surface area contributed by atoms with Gasteiger partial charge in [0.25, 0.3) is 10.0 Å². The lowest BCUT2D eigenvalue weighted by atomic mass is 10.1. The predicted molar refractivity (Wildman–Crippen MR) is 83.2 cm³/mol. The van der Waals surface area contributed by atoms with Gasteiger partial charge in [0.15, 0.2) is 0 Å². The zero-order valence-electron chi connectivity index (χ0n) is 12.2. The molecule has 8 heteroatoms. The standard InChI is InChI=1S/C15H13ClF3NO2S/c1-9-3-5-13(10(2)7-9)20-23(21,22)14-6-4-11(16)8-12(14)15(17,18)19/h3-8,20H,1-2H3. The second-order valence-corrected chi connectivity index (χ2v) is 7.15. The average molecular weight is 364 g/mol. The lowest BCUT2D eigenvalue weighted by molar-refractivity contribution is -0.139. The molecule has 0 bridgehead atoms. The van der Waals surface area contributed by atoms with Crippen molar-refractivity contribution < 1.29 is 21.6 Å². The number of hydrogen-bond acceptors (Lipinski definition) is 2. The maximum absolute atomic E-state index is 13.1. The van der Waals surface area contributed by atoms with Crippen molar-refractivity contribution >= 4 is 27.3 Å². The average Bonchev–Trinajstić information content (AvgIpc) is 2.40. The molecule has 0 heterocycles. The number of halogens is 4. The first-order valence-electron chi connectivity index (χ1n) is 6.47. The van der Waals surface area contributed by atoms with E-state index in [1.54, 1.807) is 19.1 Å². The molecule has 0 fully saturated rings. The van der Waals surface area contributed by atoms with Crippen molar-refractivity contribution in [3.8, 4) is 0 Å². The molecule has 0 spiro atoms. The predicted octanol–water partition coefficient (Wildman–Crippen LogP) is 4.78. The van der Waals surface area contributed by atoms with Crippen molar-refractivity contribution in [2.24, 2.45) is 0 Å². The van der Waals surface area contributed by atoms with Crippen LogP contribution >= 0.6 is 11.6 Å². The molecule has 0 saturated heterocycles. The fraction of sp³-hybridized carbons (Fsp3) is 0.200. The summed E-state index contributed by atoms with van der Waals surface area (Å²) in [5, 5.41) is -0.192. The number of hydrogen-bond donors (Lipinski definition) is 1. The number of anilines is 1. The minimum atomic E-state index is -4.84. The second-order valence-electron chi connectivity index (χ2n) is 5.06. The minimum Gasteiger partial charge on any atom is -0.279 e. The van der Waals surface area contributed by atoms with Gasteiger partial charge in [-0.05, 0) is 43.7 Å². The summed E-state index contributed by atoms with van der Waals surface area (Å²) >= 11 is 5.56. The van der Waals surface area contributed by atoms with Crippen LogP contribution in [0.15, 0.2) is 41.3 Å². The van der Waals surface area contributed by atoms with Crippen molar-refractivity contribution in [2.45, 2.75) is 24.9 Å². The van der Waals surface area contributed by atoms with Crippen LogP contribution in [0.4, 0.5) is 18.9 Å². The number of nitrogens with one attached hydrogen (secondary N) is 1. The fourth-order valence-corrected chi connectivity index (χ4v) is 3.60. The Balaban J connectivity index is 2.52. The zero-order chi connectivity index (χ0) is 17.4. The highest BCUT2D eigenvalue weighted by Gasteiger charge is 2.37. The fourth-order valence-electron chi connectivity index (χ4n) is 2.09. The highest BCUT2D eigenvalue weighted by atomic mass is 35.5. The third-order valence-electron chi connectivity index (χ3n) is 3.16. The molecule has 124 valence electrons.